The van der Waals surface area contributed by atoms with Crippen LogP contribution >= 0.6 is 0 Å². The molecule has 1 aliphatic rings. The van der Waals surface area contributed by atoms with Crippen LogP contribution in [0.1, 0.15) is 46.0 Å². The van der Waals surface area contributed by atoms with E-state index in [1.54, 1.807) is 0 Å². The molecule has 0 radical (unpaired) electrons. The van der Waals surface area contributed by atoms with E-state index in [2.05, 4.69) is 18.8 Å². The lowest BCUT2D eigenvalue weighted by atomic mass is 9.70. The molecule has 1 fully saturated rings. The molecule has 0 bridgehead atoms. The minimum Gasteiger partial charge on any atom is -0.353 e. The second-order valence-electron chi connectivity index (χ2n) is 5.57. The quantitative estimate of drug-likeness (QED) is 0.722. The van der Waals surface area contributed by atoms with Crippen molar-refractivity contribution in [1.29, 1.82) is 0 Å². The molecular weight excluding hydrogens is 212 g/mol. The van der Waals surface area contributed by atoms with Crippen molar-refractivity contribution < 1.29 is 4.79 Å². The Balaban J connectivity index is 2.60. The first-order valence-electron chi connectivity index (χ1n) is 6.66. The Morgan fingerprint density at radius 2 is 2.18 bits per heavy atom. The number of carbonyl (C=O) groups is 1. The Hall–Kier alpha value is -0.830. The fourth-order valence-electron chi connectivity index (χ4n) is 2.52. The van der Waals surface area contributed by atoms with Crippen molar-refractivity contribution in [3.63, 3.8) is 0 Å². The monoisotopic (exact) mass is 238 g/mol. The maximum atomic E-state index is 12.3. The van der Waals surface area contributed by atoms with E-state index in [9.17, 15) is 4.79 Å². The molecule has 0 spiro atoms. The molecule has 98 valence electrons. The largest absolute Gasteiger partial charge is 0.353 e. The average Bonchev–Trinajstić information content (AvgIpc) is 2.30. The number of hydrogen-bond acceptors (Lipinski definition) is 2. The van der Waals surface area contributed by atoms with Crippen LogP contribution in [0.4, 0.5) is 0 Å². The third kappa shape index (κ3) is 3.56. The zero-order chi connectivity index (χ0) is 12.9. The van der Waals surface area contributed by atoms with Gasteiger partial charge in [0.25, 0.3) is 0 Å². The summed E-state index contributed by atoms with van der Waals surface area (Å²) < 4.78 is 0. The van der Waals surface area contributed by atoms with Gasteiger partial charge >= 0.3 is 0 Å². The van der Waals surface area contributed by atoms with E-state index in [4.69, 9.17) is 5.73 Å². The number of nitrogens with two attached hydrogens (primary N) is 1. The SMILES string of the molecule is C=CCC(C)NC(=O)C1(CN)CCC(C)CC1. The van der Waals surface area contributed by atoms with Gasteiger partial charge in [0.1, 0.15) is 0 Å². The lowest BCUT2D eigenvalue weighted by Crippen LogP contribution is -2.50. The van der Waals surface area contributed by atoms with Crippen LogP contribution in [0.3, 0.4) is 0 Å². The minimum absolute atomic E-state index is 0.140. The summed E-state index contributed by atoms with van der Waals surface area (Å²) in [5.41, 5.74) is 5.54. The molecule has 1 unspecified atom stereocenters. The summed E-state index contributed by atoms with van der Waals surface area (Å²) in [7, 11) is 0. The predicted molar refractivity (Wildman–Crippen MR) is 71.5 cm³/mol. The zero-order valence-corrected chi connectivity index (χ0v) is 11.2. The molecule has 17 heavy (non-hydrogen) atoms. The molecule has 0 aromatic heterocycles. The first-order valence-corrected chi connectivity index (χ1v) is 6.66. The standard InChI is InChI=1S/C14H26N2O/c1-4-5-12(3)16-13(17)14(10-15)8-6-11(2)7-9-14/h4,11-12H,1,5-10,15H2,2-3H3,(H,16,17). The summed E-state index contributed by atoms with van der Waals surface area (Å²) in [4.78, 5) is 12.3. The minimum atomic E-state index is -0.318. The summed E-state index contributed by atoms with van der Waals surface area (Å²) in [6.07, 6.45) is 6.72. The predicted octanol–water partition coefficient (Wildman–Crippen LogP) is 2.22. The Labute approximate surface area is 105 Å². The van der Waals surface area contributed by atoms with Crippen LogP contribution in [0, 0.1) is 11.3 Å². The Morgan fingerprint density at radius 1 is 1.59 bits per heavy atom. The van der Waals surface area contributed by atoms with Gasteiger partial charge in [-0.15, -0.1) is 6.58 Å². The van der Waals surface area contributed by atoms with Gasteiger partial charge in [0.15, 0.2) is 0 Å². The van der Waals surface area contributed by atoms with Gasteiger partial charge in [-0.25, -0.2) is 0 Å². The Bertz CT molecular complexity index is 267. The normalized spacial score (nSPS) is 30.6. The van der Waals surface area contributed by atoms with Crippen LogP contribution in [0.25, 0.3) is 0 Å². The summed E-state index contributed by atoms with van der Waals surface area (Å²) >= 11 is 0. The number of carbonyl (C=O) groups excluding carboxylic acids is 1. The lowest BCUT2D eigenvalue weighted by Gasteiger charge is -2.37. The molecule has 0 saturated heterocycles. The van der Waals surface area contributed by atoms with E-state index in [1.165, 1.54) is 0 Å². The third-order valence-corrected chi connectivity index (χ3v) is 4.00. The third-order valence-electron chi connectivity index (χ3n) is 4.00. The Kier molecular flexibility index (Phi) is 5.19. The van der Waals surface area contributed by atoms with E-state index >= 15 is 0 Å². The van der Waals surface area contributed by atoms with Crippen molar-refractivity contribution in [3.05, 3.63) is 12.7 Å². The number of hydrogen-bond donors (Lipinski definition) is 2. The molecule has 0 aliphatic heterocycles. The van der Waals surface area contributed by atoms with Crippen molar-refractivity contribution in [2.24, 2.45) is 17.1 Å². The van der Waals surface area contributed by atoms with Crippen LogP contribution in [0.15, 0.2) is 12.7 Å². The molecule has 1 saturated carbocycles. The van der Waals surface area contributed by atoms with Gasteiger partial charge < -0.3 is 11.1 Å². The lowest BCUT2D eigenvalue weighted by molar-refractivity contribution is -0.133. The molecule has 0 heterocycles. The van der Waals surface area contributed by atoms with E-state index in [0.29, 0.717) is 6.54 Å². The summed E-state index contributed by atoms with van der Waals surface area (Å²) in [6.45, 7) is 8.41. The topological polar surface area (TPSA) is 55.1 Å². The molecule has 3 N–H and O–H groups in total. The van der Waals surface area contributed by atoms with Crippen molar-refractivity contribution in [1.82, 2.24) is 5.32 Å². The molecule has 1 rings (SSSR count). The molecule has 0 aromatic rings. The van der Waals surface area contributed by atoms with Crippen LogP contribution in [0.2, 0.25) is 0 Å². The second-order valence-corrected chi connectivity index (χ2v) is 5.57. The number of amides is 1. The molecule has 0 aromatic carbocycles. The van der Waals surface area contributed by atoms with Crippen LogP contribution in [-0.2, 0) is 4.79 Å². The van der Waals surface area contributed by atoms with E-state index in [-0.39, 0.29) is 17.4 Å². The highest BCUT2D eigenvalue weighted by atomic mass is 16.2. The number of nitrogens with one attached hydrogen (secondary N) is 1. The zero-order valence-electron chi connectivity index (χ0n) is 11.2. The molecule has 1 atom stereocenters. The number of rotatable bonds is 5. The van der Waals surface area contributed by atoms with E-state index < -0.39 is 0 Å². The molecule has 3 heteroatoms. The molecule has 3 nitrogen and oxygen atoms in total. The summed E-state index contributed by atoms with van der Waals surface area (Å²) in [5.74, 6) is 0.870. The molecule has 1 aliphatic carbocycles. The molecular formula is C14H26N2O. The summed E-state index contributed by atoms with van der Waals surface area (Å²) in [6, 6.07) is 0.155. The second kappa shape index (κ2) is 6.20. The van der Waals surface area contributed by atoms with Crippen LogP contribution < -0.4 is 11.1 Å². The van der Waals surface area contributed by atoms with Gasteiger partial charge in [0.05, 0.1) is 5.41 Å². The Morgan fingerprint density at radius 3 is 2.65 bits per heavy atom. The highest BCUT2D eigenvalue weighted by Crippen LogP contribution is 2.38. The van der Waals surface area contributed by atoms with E-state index in [0.717, 1.165) is 38.0 Å². The molecule has 1 amide bonds. The maximum Gasteiger partial charge on any atom is 0.227 e. The van der Waals surface area contributed by atoms with Crippen molar-refractivity contribution >= 4 is 5.91 Å². The average molecular weight is 238 g/mol. The smallest absolute Gasteiger partial charge is 0.227 e. The first-order chi connectivity index (χ1) is 8.04. The highest BCUT2D eigenvalue weighted by Gasteiger charge is 2.39. The van der Waals surface area contributed by atoms with Gasteiger partial charge in [-0.1, -0.05) is 13.0 Å². The summed E-state index contributed by atoms with van der Waals surface area (Å²) in [5, 5.41) is 3.07. The van der Waals surface area contributed by atoms with Gasteiger partial charge in [0, 0.05) is 12.6 Å². The highest BCUT2D eigenvalue weighted by molar-refractivity contribution is 5.83. The first kappa shape index (κ1) is 14.2. The van der Waals surface area contributed by atoms with E-state index in [1.807, 2.05) is 13.0 Å². The fourth-order valence-corrected chi connectivity index (χ4v) is 2.52. The van der Waals surface area contributed by atoms with Gasteiger partial charge in [-0.3, -0.25) is 4.79 Å². The van der Waals surface area contributed by atoms with Gasteiger partial charge in [0.2, 0.25) is 5.91 Å². The van der Waals surface area contributed by atoms with Gasteiger partial charge in [-0.2, -0.15) is 0 Å². The van der Waals surface area contributed by atoms with Crippen molar-refractivity contribution in [2.75, 3.05) is 6.54 Å². The fraction of sp³-hybridized carbons (Fsp3) is 0.786. The van der Waals surface area contributed by atoms with Crippen LogP contribution in [0.5, 0.6) is 0 Å². The van der Waals surface area contributed by atoms with Gasteiger partial charge in [-0.05, 0) is 44.9 Å². The van der Waals surface area contributed by atoms with Crippen molar-refractivity contribution in [2.45, 2.75) is 52.0 Å². The van der Waals surface area contributed by atoms with Crippen LogP contribution in [-0.4, -0.2) is 18.5 Å². The van der Waals surface area contributed by atoms with Crippen molar-refractivity contribution in [3.8, 4) is 0 Å². The maximum absolute atomic E-state index is 12.3.